The molecule has 2 rings (SSSR count). The number of hydrogen-bond acceptors (Lipinski definition) is 3. The van der Waals surface area contributed by atoms with Crippen LogP contribution in [-0.4, -0.2) is 16.5 Å². The Morgan fingerprint density at radius 3 is 2.76 bits per heavy atom. The molecule has 0 bridgehead atoms. The van der Waals surface area contributed by atoms with Crippen LogP contribution in [0.5, 0.6) is 0 Å². The van der Waals surface area contributed by atoms with Gasteiger partial charge in [-0.15, -0.1) is 0 Å². The van der Waals surface area contributed by atoms with E-state index in [1.54, 1.807) is 18.5 Å². The highest BCUT2D eigenvalue weighted by molar-refractivity contribution is 6.37. The summed E-state index contributed by atoms with van der Waals surface area (Å²) in [7, 11) is 0. The molecule has 2 aromatic rings. The quantitative estimate of drug-likeness (QED) is 0.917. The fourth-order valence-corrected chi connectivity index (χ4v) is 2.00. The Bertz CT molecular complexity index is 515. The molecule has 2 heterocycles. The average molecular weight is 268 g/mol. The molecule has 0 atom stereocenters. The van der Waals surface area contributed by atoms with E-state index in [-0.39, 0.29) is 0 Å². The van der Waals surface area contributed by atoms with Crippen molar-refractivity contribution in [1.29, 1.82) is 0 Å². The van der Waals surface area contributed by atoms with Crippen LogP contribution in [0.1, 0.15) is 6.92 Å². The number of rotatable bonds is 3. The number of anilines is 1. The summed E-state index contributed by atoms with van der Waals surface area (Å²) in [4.78, 5) is 8.47. The molecular formula is C12H11Cl2N3. The summed E-state index contributed by atoms with van der Waals surface area (Å²) in [6.45, 7) is 2.73. The zero-order chi connectivity index (χ0) is 12.3. The smallest absolute Gasteiger partial charge is 0.145 e. The van der Waals surface area contributed by atoms with Crippen molar-refractivity contribution < 1.29 is 0 Å². The van der Waals surface area contributed by atoms with Crippen LogP contribution in [0.4, 0.5) is 5.82 Å². The Morgan fingerprint density at radius 2 is 2.12 bits per heavy atom. The fraction of sp³-hybridized carbons (Fsp3) is 0.167. The van der Waals surface area contributed by atoms with Crippen molar-refractivity contribution in [3.63, 3.8) is 0 Å². The van der Waals surface area contributed by atoms with E-state index in [0.29, 0.717) is 21.6 Å². The predicted molar refractivity (Wildman–Crippen MR) is 71.7 cm³/mol. The molecule has 3 nitrogen and oxygen atoms in total. The number of aromatic nitrogens is 2. The van der Waals surface area contributed by atoms with E-state index < -0.39 is 0 Å². The summed E-state index contributed by atoms with van der Waals surface area (Å²) >= 11 is 12.2. The van der Waals surface area contributed by atoms with Crippen LogP contribution in [0.2, 0.25) is 10.0 Å². The van der Waals surface area contributed by atoms with Gasteiger partial charge in [0.05, 0.1) is 15.7 Å². The van der Waals surface area contributed by atoms with E-state index in [9.17, 15) is 0 Å². The lowest BCUT2D eigenvalue weighted by molar-refractivity contribution is 1.16. The van der Waals surface area contributed by atoms with Crippen LogP contribution in [0.3, 0.4) is 0 Å². The number of hydrogen-bond donors (Lipinski definition) is 1. The Labute approximate surface area is 110 Å². The third-order valence-electron chi connectivity index (χ3n) is 2.21. The summed E-state index contributed by atoms with van der Waals surface area (Å²) in [5, 5.41) is 4.13. The molecule has 0 spiro atoms. The molecule has 5 heteroatoms. The van der Waals surface area contributed by atoms with Crippen LogP contribution in [-0.2, 0) is 0 Å². The van der Waals surface area contributed by atoms with Gasteiger partial charge in [-0.05, 0) is 25.1 Å². The minimum absolute atomic E-state index is 0.518. The molecule has 0 saturated carbocycles. The number of nitrogens with one attached hydrogen (secondary N) is 1. The fourth-order valence-electron chi connectivity index (χ4n) is 1.46. The van der Waals surface area contributed by atoms with Gasteiger partial charge in [0.25, 0.3) is 0 Å². The first-order valence-electron chi connectivity index (χ1n) is 5.22. The molecule has 0 saturated heterocycles. The van der Waals surface area contributed by atoms with Crippen LogP contribution < -0.4 is 5.32 Å². The summed E-state index contributed by atoms with van der Waals surface area (Å²) in [5.74, 6) is 0.636. The van der Waals surface area contributed by atoms with Gasteiger partial charge in [-0.25, -0.2) is 4.98 Å². The highest BCUT2D eigenvalue weighted by atomic mass is 35.5. The predicted octanol–water partition coefficient (Wildman–Crippen LogP) is 3.88. The van der Waals surface area contributed by atoms with Crippen molar-refractivity contribution in [3.05, 3.63) is 40.6 Å². The van der Waals surface area contributed by atoms with E-state index in [4.69, 9.17) is 23.2 Å². The van der Waals surface area contributed by atoms with Crippen LogP contribution in [0.25, 0.3) is 11.3 Å². The normalized spacial score (nSPS) is 10.3. The Morgan fingerprint density at radius 1 is 1.29 bits per heavy atom. The first-order valence-corrected chi connectivity index (χ1v) is 5.98. The first kappa shape index (κ1) is 12.1. The van der Waals surface area contributed by atoms with Gasteiger partial charge >= 0.3 is 0 Å². The largest absolute Gasteiger partial charge is 0.369 e. The second kappa shape index (κ2) is 5.34. The zero-order valence-electron chi connectivity index (χ0n) is 9.24. The van der Waals surface area contributed by atoms with Crippen molar-refractivity contribution in [2.75, 3.05) is 11.9 Å². The molecule has 0 amide bonds. The van der Waals surface area contributed by atoms with Crippen molar-refractivity contribution in [1.82, 2.24) is 9.97 Å². The van der Waals surface area contributed by atoms with Crippen molar-refractivity contribution in [3.8, 4) is 11.3 Å². The van der Waals surface area contributed by atoms with Gasteiger partial charge in [0, 0.05) is 24.5 Å². The van der Waals surface area contributed by atoms with Crippen molar-refractivity contribution in [2.24, 2.45) is 0 Å². The third-order valence-corrected chi connectivity index (χ3v) is 2.78. The minimum atomic E-state index is 0.518. The topological polar surface area (TPSA) is 37.8 Å². The molecule has 88 valence electrons. The van der Waals surface area contributed by atoms with Gasteiger partial charge in [-0.1, -0.05) is 23.2 Å². The summed E-state index contributed by atoms with van der Waals surface area (Å²) < 4.78 is 0. The maximum atomic E-state index is 6.13. The van der Waals surface area contributed by atoms with E-state index >= 15 is 0 Å². The average Bonchev–Trinajstić information content (AvgIpc) is 2.34. The van der Waals surface area contributed by atoms with Crippen LogP contribution in [0, 0.1) is 0 Å². The Balaban J connectivity index is 2.51. The molecule has 0 aromatic carbocycles. The lowest BCUT2D eigenvalue weighted by Gasteiger charge is -2.09. The molecule has 0 unspecified atom stereocenters. The second-order valence-corrected chi connectivity index (χ2v) is 4.24. The van der Waals surface area contributed by atoms with Gasteiger partial charge in [0.2, 0.25) is 0 Å². The SMILES string of the molecule is CCNc1nc(-c2cccnc2)c(Cl)cc1Cl. The highest BCUT2D eigenvalue weighted by Gasteiger charge is 2.10. The van der Waals surface area contributed by atoms with E-state index in [1.807, 2.05) is 19.1 Å². The number of pyridine rings is 2. The second-order valence-electron chi connectivity index (χ2n) is 3.42. The summed E-state index contributed by atoms with van der Waals surface area (Å²) in [5.41, 5.74) is 1.55. The van der Waals surface area contributed by atoms with Crippen LogP contribution in [0.15, 0.2) is 30.6 Å². The lowest BCUT2D eigenvalue weighted by atomic mass is 10.2. The zero-order valence-corrected chi connectivity index (χ0v) is 10.8. The van der Waals surface area contributed by atoms with E-state index in [2.05, 4.69) is 15.3 Å². The molecule has 17 heavy (non-hydrogen) atoms. The van der Waals surface area contributed by atoms with E-state index in [0.717, 1.165) is 12.1 Å². The molecule has 1 N–H and O–H groups in total. The minimum Gasteiger partial charge on any atom is -0.369 e. The molecular weight excluding hydrogens is 257 g/mol. The van der Waals surface area contributed by atoms with Gasteiger partial charge in [0.15, 0.2) is 0 Å². The van der Waals surface area contributed by atoms with Crippen LogP contribution >= 0.6 is 23.2 Å². The summed E-state index contributed by atoms with van der Waals surface area (Å²) in [6, 6.07) is 5.44. The van der Waals surface area contributed by atoms with Crippen molar-refractivity contribution >= 4 is 29.0 Å². The number of nitrogens with zero attached hydrogens (tertiary/aromatic N) is 2. The molecule has 0 aliphatic heterocycles. The van der Waals surface area contributed by atoms with Gasteiger partial charge in [-0.2, -0.15) is 0 Å². The molecule has 2 aromatic heterocycles. The monoisotopic (exact) mass is 267 g/mol. The molecule has 0 aliphatic carbocycles. The number of halogens is 2. The molecule has 0 fully saturated rings. The maximum absolute atomic E-state index is 6.13. The lowest BCUT2D eigenvalue weighted by Crippen LogP contribution is -2.01. The maximum Gasteiger partial charge on any atom is 0.145 e. The third kappa shape index (κ3) is 2.68. The first-order chi connectivity index (χ1) is 8.22. The molecule has 0 aliphatic rings. The van der Waals surface area contributed by atoms with E-state index in [1.165, 1.54) is 0 Å². The molecule has 0 radical (unpaired) electrons. The van der Waals surface area contributed by atoms with Gasteiger partial charge < -0.3 is 5.32 Å². The Hall–Kier alpha value is -1.32. The standard InChI is InChI=1S/C12H11Cl2N3/c1-2-16-12-10(14)6-9(13)11(17-12)8-4-3-5-15-7-8/h3-7H,2H2,1H3,(H,16,17). The van der Waals surface area contributed by atoms with Gasteiger partial charge in [0.1, 0.15) is 5.82 Å². The highest BCUT2D eigenvalue weighted by Crippen LogP contribution is 2.31. The van der Waals surface area contributed by atoms with Gasteiger partial charge in [-0.3, -0.25) is 4.98 Å². The summed E-state index contributed by atoms with van der Waals surface area (Å²) in [6.07, 6.45) is 3.43. The Kier molecular flexibility index (Phi) is 3.82. The van der Waals surface area contributed by atoms with Crippen molar-refractivity contribution in [2.45, 2.75) is 6.92 Å².